The van der Waals surface area contributed by atoms with Crippen molar-refractivity contribution in [2.24, 2.45) is 11.7 Å². The molecule has 0 radical (unpaired) electrons. The first-order valence-electron chi connectivity index (χ1n) is 5.03. The molecule has 0 saturated heterocycles. The van der Waals surface area contributed by atoms with Gasteiger partial charge in [0, 0.05) is 12.6 Å². The van der Waals surface area contributed by atoms with Crippen molar-refractivity contribution in [2.75, 3.05) is 0 Å². The lowest BCUT2D eigenvalue weighted by atomic mass is 10.0. The van der Waals surface area contributed by atoms with Crippen molar-refractivity contribution in [3.8, 4) is 0 Å². The minimum Gasteiger partial charge on any atom is -0.323 e. The molecule has 4 heteroatoms. The zero-order valence-electron chi connectivity index (χ0n) is 9.00. The summed E-state index contributed by atoms with van der Waals surface area (Å²) in [6.45, 7) is 7.16. The summed E-state index contributed by atoms with van der Waals surface area (Å²) >= 11 is 6.04. The molecule has 0 amide bonds. The Morgan fingerprint density at radius 3 is 2.71 bits per heavy atom. The molecule has 3 nitrogen and oxygen atoms in total. The van der Waals surface area contributed by atoms with Crippen LogP contribution < -0.4 is 5.73 Å². The van der Waals surface area contributed by atoms with Gasteiger partial charge in [0.2, 0.25) is 0 Å². The van der Waals surface area contributed by atoms with Crippen LogP contribution in [0.2, 0.25) is 5.02 Å². The number of rotatable bonds is 4. The molecule has 80 valence electrons. The van der Waals surface area contributed by atoms with E-state index in [2.05, 4.69) is 18.9 Å². The Hall–Kier alpha value is -0.540. The molecular weight excluding hydrogens is 198 g/mol. The van der Waals surface area contributed by atoms with Crippen molar-refractivity contribution in [2.45, 2.75) is 39.8 Å². The fourth-order valence-electron chi connectivity index (χ4n) is 1.61. The summed E-state index contributed by atoms with van der Waals surface area (Å²) in [6.07, 6.45) is 2.60. The first-order valence-corrected chi connectivity index (χ1v) is 5.40. The van der Waals surface area contributed by atoms with E-state index in [-0.39, 0.29) is 6.04 Å². The van der Waals surface area contributed by atoms with Crippen LogP contribution in [0.5, 0.6) is 0 Å². The molecule has 1 rings (SSSR count). The van der Waals surface area contributed by atoms with Gasteiger partial charge in [-0.15, -0.1) is 0 Å². The summed E-state index contributed by atoms with van der Waals surface area (Å²) in [4.78, 5) is 0. The second-order valence-corrected chi connectivity index (χ2v) is 4.34. The maximum Gasteiger partial charge on any atom is 0.0834 e. The van der Waals surface area contributed by atoms with Gasteiger partial charge in [-0.3, -0.25) is 4.68 Å². The van der Waals surface area contributed by atoms with E-state index in [4.69, 9.17) is 17.3 Å². The summed E-state index contributed by atoms with van der Waals surface area (Å²) < 4.78 is 1.87. The Bertz CT molecular complexity index is 294. The van der Waals surface area contributed by atoms with Crippen LogP contribution in [0.1, 0.15) is 38.9 Å². The molecule has 0 fully saturated rings. The van der Waals surface area contributed by atoms with Gasteiger partial charge in [0.1, 0.15) is 0 Å². The van der Waals surface area contributed by atoms with Gasteiger partial charge in [0.15, 0.2) is 0 Å². The number of halogens is 1. The molecule has 14 heavy (non-hydrogen) atoms. The average Bonchev–Trinajstić information content (AvgIpc) is 2.45. The van der Waals surface area contributed by atoms with Crippen molar-refractivity contribution < 1.29 is 0 Å². The topological polar surface area (TPSA) is 43.8 Å². The van der Waals surface area contributed by atoms with E-state index in [0.717, 1.165) is 18.7 Å². The SMILES string of the molecule is CCn1ncc(Cl)c1C(N)CC(C)C. The zero-order chi connectivity index (χ0) is 10.7. The lowest BCUT2D eigenvalue weighted by Crippen LogP contribution is -2.18. The minimum absolute atomic E-state index is 0.00931. The quantitative estimate of drug-likeness (QED) is 0.839. The van der Waals surface area contributed by atoms with Crippen molar-refractivity contribution in [1.29, 1.82) is 0 Å². The molecule has 0 aliphatic carbocycles. The van der Waals surface area contributed by atoms with Crippen LogP contribution in [0.15, 0.2) is 6.20 Å². The molecule has 1 atom stereocenters. The Kier molecular flexibility index (Phi) is 3.96. The van der Waals surface area contributed by atoms with Crippen molar-refractivity contribution in [1.82, 2.24) is 9.78 Å². The highest BCUT2D eigenvalue weighted by Crippen LogP contribution is 2.25. The summed E-state index contributed by atoms with van der Waals surface area (Å²) in [5.74, 6) is 0.571. The molecule has 1 unspecified atom stereocenters. The molecule has 2 N–H and O–H groups in total. The average molecular weight is 216 g/mol. The van der Waals surface area contributed by atoms with Gasteiger partial charge in [-0.25, -0.2) is 0 Å². The van der Waals surface area contributed by atoms with Crippen LogP contribution in [-0.2, 0) is 6.54 Å². The predicted molar refractivity (Wildman–Crippen MR) is 59.3 cm³/mol. The summed E-state index contributed by atoms with van der Waals surface area (Å²) in [5, 5.41) is 4.85. The van der Waals surface area contributed by atoms with Crippen molar-refractivity contribution in [3.63, 3.8) is 0 Å². The van der Waals surface area contributed by atoms with E-state index in [1.54, 1.807) is 6.20 Å². The van der Waals surface area contributed by atoms with E-state index in [0.29, 0.717) is 10.9 Å². The van der Waals surface area contributed by atoms with Crippen molar-refractivity contribution >= 4 is 11.6 Å². The number of hydrogen-bond acceptors (Lipinski definition) is 2. The molecule has 1 aromatic rings. The highest BCUT2D eigenvalue weighted by molar-refractivity contribution is 6.31. The predicted octanol–water partition coefficient (Wildman–Crippen LogP) is 2.60. The monoisotopic (exact) mass is 215 g/mol. The standard InChI is InChI=1S/C10H18ClN3/c1-4-14-10(8(11)6-13-14)9(12)5-7(2)3/h6-7,9H,4-5,12H2,1-3H3. The number of nitrogens with zero attached hydrogens (tertiary/aromatic N) is 2. The summed E-state index contributed by atoms with van der Waals surface area (Å²) in [7, 11) is 0. The van der Waals surface area contributed by atoms with Gasteiger partial charge in [-0.05, 0) is 19.3 Å². The first-order chi connectivity index (χ1) is 6.56. The maximum absolute atomic E-state index is 6.07. The van der Waals surface area contributed by atoms with Gasteiger partial charge in [0.05, 0.1) is 16.9 Å². The largest absolute Gasteiger partial charge is 0.323 e. The summed E-state index contributed by atoms with van der Waals surface area (Å²) in [6, 6.07) is -0.00931. The fourth-order valence-corrected chi connectivity index (χ4v) is 1.89. The van der Waals surface area contributed by atoms with Crippen LogP contribution in [-0.4, -0.2) is 9.78 Å². The first kappa shape index (κ1) is 11.5. The number of aryl methyl sites for hydroxylation is 1. The lowest BCUT2D eigenvalue weighted by molar-refractivity contribution is 0.475. The summed E-state index contributed by atoms with van der Waals surface area (Å²) in [5.41, 5.74) is 7.03. The van der Waals surface area contributed by atoms with Gasteiger partial charge < -0.3 is 5.73 Å². The van der Waals surface area contributed by atoms with Crippen molar-refractivity contribution in [3.05, 3.63) is 16.9 Å². The van der Waals surface area contributed by atoms with Gasteiger partial charge in [0.25, 0.3) is 0 Å². The van der Waals surface area contributed by atoms with E-state index in [1.165, 1.54) is 0 Å². The third kappa shape index (κ3) is 2.49. The second-order valence-electron chi connectivity index (χ2n) is 3.93. The van der Waals surface area contributed by atoms with Crippen LogP contribution in [0.4, 0.5) is 0 Å². The Balaban J connectivity index is 2.86. The Morgan fingerprint density at radius 1 is 1.57 bits per heavy atom. The molecule has 0 bridgehead atoms. The smallest absolute Gasteiger partial charge is 0.0834 e. The zero-order valence-corrected chi connectivity index (χ0v) is 9.75. The third-order valence-corrected chi connectivity index (χ3v) is 2.50. The van der Waals surface area contributed by atoms with Gasteiger partial charge in [-0.1, -0.05) is 25.4 Å². The van der Waals surface area contributed by atoms with E-state index < -0.39 is 0 Å². The molecule has 1 heterocycles. The molecule has 0 aliphatic heterocycles. The minimum atomic E-state index is -0.00931. The Labute approximate surface area is 90.2 Å². The molecule has 0 aromatic carbocycles. The van der Waals surface area contributed by atoms with E-state index in [9.17, 15) is 0 Å². The molecule has 0 saturated carbocycles. The van der Waals surface area contributed by atoms with E-state index >= 15 is 0 Å². The van der Waals surface area contributed by atoms with Crippen LogP contribution >= 0.6 is 11.6 Å². The highest BCUT2D eigenvalue weighted by atomic mass is 35.5. The molecule has 0 aliphatic rings. The highest BCUT2D eigenvalue weighted by Gasteiger charge is 2.16. The normalized spacial score (nSPS) is 13.6. The van der Waals surface area contributed by atoms with Crippen LogP contribution in [0.25, 0.3) is 0 Å². The second kappa shape index (κ2) is 4.80. The molecule has 1 aromatic heterocycles. The van der Waals surface area contributed by atoms with Gasteiger partial charge >= 0.3 is 0 Å². The maximum atomic E-state index is 6.07. The number of aromatic nitrogens is 2. The Morgan fingerprint density at radius 2 is 2.21 bits per heavy atom. The lowest BCUT2D eigenvalue weighted by Gasteiger charge is -2.15. The van der Waals surface area contributed by atoms with Crippen LogP contribution in [0.3, 0.4) is 0 Å². The molecule has 0 spiro atoms. The van der Waals surface area contributed by atoms with Gasteiger partial charge in [-0.2, -0.15) is 5.10 Å². The fraction of sp³-hybridized carbons (Fsp3) is 0.700. The number of hydrogen-bond donors (Lipinski definition) is 1. The number of nitrogens with two attached hydrogens (primary N) is 1. The van der Waals surface area contributed by atoms with Crippen LogP contribution in [0, 0.1) is 5.92 Å². The molecular formula is C10H18ClN3. The third-order valence-electron chi connectivity index (χ3n) is 2.21. The van der Waals surface area contributed by atoms with E-state index in [1.807, 2.05) is 11.6 Å².